The van der Waals surface area contributed by atoms with Gasteiger partial charge in [-0.15, -0.1) is 0 Å². The van der Waals surface area contributed by atoms with Gasteiger partial charge >= 0.3 is 6.18 Å². The van der Waals surface area contributed by atoms with E-state index in [0.717, 1.165) is 12.1 Å². The number of nitrogens with zero attached hydrogens (tertiary/aromatic N) is 3. The quantitative estimate of drug-likeness (QED) is 0.748. The lowest BCUT2D eigenvalue weighted by atomic mass is 10.1. The van der Waals surface area contributed by atoms with Crippen LogP contribution in [0.15, 0.2) is 55.1 Å². The van der Waals surface area contributed by atoms with Crippen LogP contribution in [0.3, 0.4) is 0 Å². The third-order valence-corrected chi connectivity index (χ3v) is 3.45. The van der Waals surface area contributed by atoms with E-state index in [1.165, 1.54) is 43.0 Å². The maximum Gasteiger partial charge on any atom is 0.416 e. The summed E-state index contributed by atoms with van der Waals surface area (Å²) in [5.74, 6) is -0.477. The summed E-state index contributed by atoms with van der Waals surface area (Å²) < 4.78 is 38.3. The maximum atomic E-state index is 12.8. The van der Waals surface area contributed by atoms with E-state index >= 15 is 0 Å². The molecule has 3 rings (SSSR count). The van der Waals surface area contributed by atoms with Gasteiger partial charge < -0.3 is 11.1 Å². The van der Waals surface area contributed by atoms with E-state index in [1.54, 1.807) is 0 Å². The average Bonchev–Trinajstić information content (AvgIpc) is 2.62. The molecule has 0 spiro atoms. The zero-order chi connectivity index (χ0) is 18.7. The van der Waals surface area contributed by atoms with E-state index in [2.05, 4.69) is 20.3 Å². The topological polar surface area (TPSA) is 93.8 Å². The highest BCUT2D eigenvalue weighted by Crippen LogP contribution is 2.30. The summed E-state index contributed by atoms with van der Waals surface area (Å²) in [5, 5.41) is 2.43. The molecule has 0 saturated heterocycles. The Labute approximate surface area is 145 Å². The lowest BCUT2D eigenvalue weighted by molar-refractivity contribution is -0.137. The van der Waals surface area contributed by atoms with Crippen LogP contribution in [0.4, 0.5) is 24.8 Å². The standard InChI is InChI=1S/C17H12F3N5O/c18-17(19,20)13-2-1-3-14(5-13)25-15(26)11-4-10(6-22-7-11)12-8-23-16(21)24-9-12/h1-9H,(H,25,26)(H2,21,23,24). The molecule has 3 N–H and O–H groups in total. The van der Waals surface area contributed by atoms with Gasteiger partial charge in [-0.25, -0.2) is 9.97 Å². The van der Waals surface area contributed by atoms with Crippen LogP contribution in [-0.4, -0.2) is 20.9 Å². The van der Waals surface area contributed by atoms with Crippen LogP contribution in [0.1, 0.15) is 15.9 Å². The predicted octanol–water partition coefficient (Wildman–Crippen LogP) is 3.39. The van der Waals surface area contributed by atoms with Crippen molar-refractivity contribution in [3.8, 4) is 11.1 Å². The molecule has 1 amide bonds. The molecule has 132 valence electrons. The van der Waals surface area contributed by atoms with Gasteiger partial charge in [-0.05, 0) is 24.3 Å². The second-order valence-corrected chi connectivity index (χ2v) is 5.32. The van der Waals surface area contributed by atoms with Crippen molar-refractivity contribution in [2.24, 2.45) is 0 Å². The first-order chi connectivity index (χ1) is 12.3. The Kier molecular flexibility index (Phi) is 4.53. The Morgan fingerprint density at radius 3 is 2.42 bits per heavy atom. The highest BCUT2D eigenvalue weighted by molar-refractivity contribution is 6.04. The van der Waals surface area contributed by atoms with E-state index in [1.807, 2.05) is 0 Å². The van der Waals surface area contributed by atoms with Gasteiger partial charge in [0.05, 0.1) is 11.1 Å². The van der Waals surface area contributed by atoms with Gasteiger partial charge in [0.25, 0.3) is 5.91 Å². The van der Waals surface area contributed by atoms with Crippen LogP contribution < -0.4 is 11.1 Å². The number of aromatic nitrogens is 3. The zero-order valence-corrected chi connectivity index (χ0v) is 13.2. The number of benzene rings is 1. The number of hydrogen-bond donors (Lipinski definition) is 2. The Morgan fingerprint density at radius 1 is 1.00 bits per heavy atom. The van der Waals surface area contributed by atoms with Crippen LogP contribution in [0.5, 0.6) is 0 Å². The number of alkyl halides is 3. The summed E-state index contributed by atoms with van der Waals surface area (Å²) in [6.07, 6.45) is 1.29. The predicted molar refractivity (Wildman–Crippen MR) is 89.1 cm³/mol. The number of nitrogens with one attached hydrogen (secondary N) is 1. The Morgan fingerprint density at radius 2 is 1.73 bits per heavy atom. The SMILES string of the molecule is Nc1ncc(-c2cncc(C(=O)Nc3cccc(C(F)(F)F)c3)c2)cn1. The molecular formula is C17H12F3N5O. The first kappa shape index (κ1) is 17.3. The zero-order valence-electron chi connectivity index (χ0n) is 13.2. The lowest BCUT2D eigenvalue weighted by Gasteiger charge is -2.10. The lowest BCUT2D eigenvalue weighted by Crippen LogP contribution is -2.13. The van der Waals surface area contributed by atoms with Gasteiger partial charge in [0.1, 0.15) is 0 Å². The van der Waals surface area contributed by atoms with E-state index in [4.69, 9.17) is 5.73 Å². The highest BCUT2D eigenvalue weighted by Gasteiger charge is 2.30. The molecule has 0 atom stereocenters. The number of amides is 1. The van der Waals surface area contributed by atoms with E-state index in [-0.39, 0.29) is 17.2 Å². The van der Waals surface area contributed by atoms with Crippen LogP contribution >= 0.6 is 0 Å². The number of nitrogen functional groups attached to an aromatic ring is 1. The molecule has 26 heavy (non-hydrogen) atoms. The van der Waals surface area contributed by atoms with E-state index in [0.29, 0.717) is 11.1 Å². The highest BCUT2D eigenvalue weighted by atomic mass is 19.4. The molecule has 3 aromatic rings. The van der Waals surface area contributed by atoms with Crippen molar-refractivity contribution < 1.29 is 18.0 Å². The van der Waals surface area contributed by atoms with Crippen molar-refractivity contribution in [1.29, 1.82) is 0 Å². The first-order valence-electron chi connectivity index (χ1n) is 7.34. The summed E-state index contributed by atoms with van der Waals surface area (Å²) in [6.45, 7) is 0. The molecular weight excluding hydrogens is 347 g/mol. The Balaban J connectivity index is 1.83. The summed E-state index contributed by atoms with van der Waals surface area (Å²) in [4.78, 5) is 24.0. The molecule has 0 fully saturated rings. The largest absolute Gasteiger partial charge is 0.416 e. The molecule has 0 bridgehead atoms. The number of pyridine rings is 1. The normalized spacial score (nSPS) is 11.2. The Hall–Kier alpha value is -3.49. The van der Waals surface area contributed by atoms with Gasteiger partial charge in [0, 0.05) is 41.6 Å². The van der Waals surface area contributed by atoms with Gasteiger partial charge in [0.2, 0.25) is 5.95 Å². The molecule has 6 nitrogen and oxygen atoms in total. The molecule has 9 heteroatoms. The fourth-order valence-electron chi connectivity index (χ4n) is 2.19. The van der Waals surface area contributed by atoms with Gasteiger partial charge in [0.15, 0.2) is 0 Å². The second-order valence-electron chi connectivity index (χ2n) is 5.32. The van der Waals surface area contributed by atoms with Crippen molar-refractivity contribution >= 4 is 17.5 Å². The minimum absolute atomic E-state index is 0.0334. The van der Waals surface area contributed by atoms with Gasteiger partial charge in [-0.2, -0.15) is 13.2 Å². The summed E-state index contributed by atoms with van der Waals surface area (Å²) in [6, 6.07) is 5.92. The number of halogens is 3. The monoisotopic (exact) mass is 359 g/mol. The smallest absolute Gasteiger partial charge is 0.368 e. The van der Waals surface area contributed by atoms with Gasteiger partial charge in [-0.3, -0.25) is 9.78 Å². The van der Waals surface area contributed by atoms with Crippen molar-refractivity contribution in [2.45, 2.75) is 6.18 Å². The summed E-state index contributed by atoms with van der Waals surface area (Å²) >= 11 is 0. The van der Waals surface area contributed by atoms with Crippen LogP contribution in [-0.2, 0) is 6.18 Å². The van der Waals surface area contributed by atoms with Crippen molar-refractivity contribution in [2.75, 3.05) is 11.1 Å². The van der Waals surface area contributed by atoms with Crippen molar-refractivity contribution in [1.82, 2.24) is 15.0 Å². The van der Waals surface area contributed by atoms with Crippen LogP contribution in [0, 0.1) is 0 Å². The fraction of sp³-hybridized carbons (Fsp3) is 0.0588. The molecule has 0 radical (unpaired) electrons. The fourth-order valence-corrected chi connectivity index (χ4v) is 2.19. The number of carbonyl (C=O) groups is 1. The third kappa shape index (κ3) is 3.94. The number of anilines is 2. The van der Waals surface area contributed by atoms with Crippen LogP contribution in [0.25, 0.3) is 11.1 Å². The van der Waals surface area contributed by atoms with Crippen LogP contribution in [0.2, 0.25) is 0 Å². The molecule has 2 aromatic heterocycles. The first-order valence-corrected chi connectivity index (χ1v) is 7.34. The van der Waals surface area contributed by atoms with E-state index in [9.17, 15) is 18.0 Å². The van der Waals surface area contributed by atoms with Crippen molar-refractivity contribution in [3.05, 3.63) is 66.2 Å². The van der Waals surface area contributed by atoms with Gasteiger partial charge in [-0.1, -0.05) is 6.07 Å². The summed E-state index contributed by atoms with van der Waals surface area (Å²) in [5.41, 5.74) is 5.96. The molecule has 0 aliphatic heterocycles. The molecule has 0 aliphatic carbocycles. The minimum Gasteiger partial charge on any atom is -0.368 e. The van der Waals surface area contributed by atoms with Crippen molar-refractivity contribution in [3.63, 3.8) is 0 Å². The molecule has 0 saturated carbocycles. The molecule has 1 aromatic carbocycles. The molecule has 0 aliphatic rings. The molecule has 0 unspecified atom stereocenters. The van der Waals surface area contributed by atoms with E-state index < -0.39 is 17.6 Å². The minimum atomic E-state index is -4.49. The number of nitrogens with two attached hydrogens (primary N) is 1. The third-order valence-electron chi connectivity index (χ3n) is 3.45. The number of rotatable bonds is 3. The molecule has 2 heterocycles. The number of hydrogen-bond acceptors (Lipinski definition) is 5. The second kappa shape index (κ2) is 6.79. The number of carbonyl (C=O) groups excluding carboxylic acids is 1. The maximum absolute atomic E-state index is 12.8. The average molecular weight is 359 g/mol. The Bertz CT molecular complexity index is 942. The summed E-state index contributed by atoms with van der Waals surface area (Å²) in [7, 11) is 0.